The summed E-state index contributed by atoms with van der Waals surface area (Å²) in [5, 5.41) is 8.51. The van der Waals surface area contributed by atoms with Gasteiger partial charge in [0.25, 0.3) is 0 Å². The van der Waals surface area contributed by atoms with Crippen LogP contribution in [0.1, 0.15) is 0 Å². The topological polar surface area (TPSA) is 93.0 Å². The maximum Gasteiger partial charge on any atom is 0.243 e. The second-order valence-corrected chi connectivity index (χ2v) is 10.1. The van der Waals surface area contributed by atoms with Gasteiger partial charge in [-0.1, -0.05) is 18.2 Å². The van der Waals surface area contributed by atoms with E-state index in [1.165, 1.54) is 4.31 Å². The van der Waals surface area contributed by atoms with Gasteiger partial charge in [0.15, 0.2) is 5.11 Å². The predicted octanol–water partition coefficient (Wildman–Crippen LogP) is 4.42. The van der Waals surface area contributed by atoms with Gasteiger partial charge >= 0.3 is 0 Å². The number of sulfonamides is 1. The lowest BCUT2D eigenvalue weighted by atomic mass is 10.1. The minimum Gasteiger partial charge on any atom is -0.495 e. The van der Waals surface area contributed by atoms with Crippen LogP contribution >= 0.6 is 12.2 Å². The molecule has 176 valence electrons. The molecular formula is C24H23N3O5S2. The molecule has 1 aliphatic rings. The molecule has 1 fully saturated rings. The fourth-order valence-electron chi connectivity index (χ4n) is 3.95. The molecule has 2 heterocycles. The lowest BCUT2D eigenvalue weighted by Crippen LogP contribution is -2.40. The summed E-state index contributed by atoms with van der Waals surface area (Å²) < 4.78 is 43.8. The number of thiocarbonyl (C=S) groups is 1. The molecule has 0 unspecified atom stereocenters. The van der Waals surface area contributed by atoms with Gasteiger partial charge in [-0.2, -0.15) is 4.31 Å². The van der Waals surface area contributed by atoms with Crippen LogP contribution < -0.4 is 15.4 Å². The molecule has 0 spiro atoms. The molecule has 2 N–H and O–H groups in total. The molecule has 0 saturated carbocycles. The van der Waals surface area contributed by atoms with Crippen LogP contribution in [-0.4, -0.2) is 51.2 Å². The largest absolute Gasteiger partial charge is 0.495 e. The van der Waals surface area contributed by atoms with E-state index in [9.17, 15) is 8.42 Å². The summed E-state index contributed by atoms with van der Waals surface area (Å²) in [6.07, 6.45) is 0. The van der Waals surface area contributed by atoms with Gasteiger partial charge in [-0.05, 0) is 48.6 Å². The van der Waals surface area contributed by atoms with E-state index in [2.05, 4.69) is 10.6 Å². The maximum absolute atomic E-state index is 12.8. The number of ether oxygens (including phenoxy) is 2. The first-order valence-corrected chi connectivity index (χ1v) is 12.6. The molecule has 0 amide bonds. The van der Waals surface area contributed by atoms with Crippen molar-refractivity contribution in [3.05, 3.63) is 60.7 Å². The smallest absolute Gasteiger partial charge is 0.243 e. The third-order valence-electron chi connectivity index (χ3n) is 5.67. The van der Waals surface area contributed by atoms with Crippen LogP contribution in [0.25, 0.3) is 21.9 Å². The van der Waals surface area contributed by atoms with Crippen molar-refractivity contribution in [3.8, 4) is 5.75 Å². The average Bonchev–Trinajstić information content (AvgIpc) is 3.21. The van der Waals surface area contributed by atoms with Gasteiger partial charge in [0.2, 0.25) is 10.0 Å². The SMILES string of the molecule is COc1cc2c(cc1NC(=S)Nc1ccc(S(=O)(=O)N3CCOCC3)cc1)oc1ccccc12. The summed E-state index contributed by atoms with van der Waals surface area (Å²) in [6.45, 7) is 1.52. The van der Waals surface area contributed by atoms with Gasteiger partial charge in [-0.3, -0.25) is 0 Å². The van der Waals surface area contributed by atoms with Gasteiger partial charge < -0.3 is 24.5 Å². The van der Waals surface area contributed by atoms with Gasteiger partial charge in [0.1, 0.15) is 16.9 Å². The van der Waals surface area contributed by atoms with E-state index >= 15 is 0 Å². The van der Waals surface area contributed by atoms with Crippen molar-refractivity contribution < 1.29 is 22.3 Å². The number of furan rings is 1. The molecule has 0 atom stereocenters. The van der Waals surface area contributed by atoms with Crippen molar-refractivity contribution in [2.24, 2.45) is 0 Å². The van der Waals surface area contributed by atoms with Crippen molar-refractivity contribution >= 4 is 60.7 Å². The molecule has 1 aliphatic heterocycles. The number of fused-ring (bicyclic) bond motifs is 3. The highest BCUT2D eigenvalue weighted by atomic mass is 32.2. The van der Waals surface area contributed by atoms with Crippen molar-refractivity contribution in [1.82, 2.24) is 4.31 Å². The molecule has 4 aromatic rings. The first kappa shape index (κ1) is 22.6. The van der Waals surface area contributed by atoms with E-state index in [1.54, 1.807) is 31.4 Å². The molecule has 1 saturated heterocycles. The second kappa shape index (κ2) is 9.22. The molecule has 8 nitrogen and oxygen atoms in total. The number of para-hydroxylation sites is 1. The zero-order valence-corrected chi connectivity index (χ0v) is 20.0. The fraction of sp³-hybridized carbons (Fsp3) is 0.208. The number of hydrogen-bond acceptors (Lipinski definition) is 6. The monoisotopic (exact) mass is 497 g/mol. The van der Waals surface area contributed by atoms with Crippen molar-refractivity contribution in [2.75, 3.05) is 44.0 Å². The fourth-order valence-corrected chi connectivity index (χ4v) is 5.58. The first-order valence-electron chi connectivity index (χ1n) is 10.7. The van der Waals surface area contributed by atoms with Crippen molar-refractivity contribution in [1.29, 1.82) is 0 Å². The number of rotatable bonds is 5. The molecule has 34 heavy (non-hydrogen) atoms. The van der Waals surface area contributed by atoms with E-state index in [-0.39, 0.29) is 4.90 Å². The summed E-state index contributed by atoms with van der Waals surface area (Å²) in [6, 6.07) is 18.1. The molecule has 0 bridgehead atoms. The Morgan fingerprint density at radius 1 is 0.971 bits per heavy atom. The number of methoxy groups -OCH3 is 1. The zero-order chi connectivity index (χ0) is 23.7. The van der Waals surface area contributed by atoms with Crippen LogP contribution in [0.5, 0.6) is 5.75 Å². The number of nitrogens with one attached hydrogen (secondary N) is 2. The first-order chi connectivity index (χ1) is 16.5. The summed E-state index contributed by atoms with van der Waals surface area (Å²) in [5.74, 6) is 0.621. The lowest BCUT2D eigenvalue weighted by molar-refractivity contribution is 0.0730. The Morgan fingerprint density at radius 2 is 1.71 bits per heavy atom. The number of morpholine rings is 1. The van der Waals surface area contributed by atoms with Gasteiger partial charge in [-0.25, -0.2) is 8.42 Å². The number of nitrogens with zero attached hydrogens (tertiary/aromatic N) is 1. The van der Waals surface area contributed by atoms with E-state index in [4.69, 9.17) is 26.1 Å². The van der Waals surface area contributed by atoms with Crippen LogP contribution in [0, 0.1) is 0 Å². The standard InChI is InChI=1S/C24H23N3O5S2/c1-30-23-14-19-18-4-2-3-5-21(18)32-22(19)15-20(23)26-24(33)25-16-6-8-17(9-7-16)34(28,29)27-10-12-31-13-11-27/h2-9,14-15H,10-13H2,1H3,(H2,25,26,33). The second-order valence-electron chi connectivity index (χ2n) is 7.77. The van der Waals surface area contributed by atoms with E-state index in [0.717, 1.165) is 16.4 Å². The molecular weight excluding hydrogens is 474 g/mol. The summed E-state index contributed by atoms with van der Waals surface area (Å²) in [4.78, 5) is 0.232. The molecule has 5 rings (SSSR count). The minimum absolute atomic E-state index is 0.232. The van der Waals surface area contributed by atoms with Gasteiger partial charge in [0, 0.05) is 35.6 Å². The Bertz CT molecular complexity index is 1460. The van der Waals surface area contributed by atoms with Crippen LogP contribution in [0.2, 0.25) is 0 Å². The van der Waals surface area contributed by atoms with Crippen LogP contribution in [-0.2, 0) is 14.8 Å². The maximum atomic E-state index is 12.8. The predicted molar refractivity (Wildman–Crippen MR) is 136 cm³/mol. The Kier molecular flexibility index (Phi) is 6.13. The van der Waals surface area contributed by atoms with Crippen LogP contribution in [0.4, 0.5) is 11.4 Å². The highest BCUT2D eigenvalue weighted by Crippen LogP contribution is 2.36. The summed E-state index contributed by atoms with van der Waals surface area (Å²) in [7, 11) is -1.95. The Hall–Kier alpha value is -3.18. The Balaban J connectivity index is 1.32. The van der Waals surface area contributed by atoms with Crippen LogP contribution in [0.15, 0.2) is 70.0 Å². The van der Waals surface area contributed by atoms with Crippen molar-refractivity contribution in [2.45, 2.75) is 4.90 Å². The zero-order valence-electron chi connectivity index (χ0n) is 18.4. The number of hydrogen-bond donors (Lipinski definition) is 2. The third kappa shape index (κ3) is 4.32. The molecule has 10 heteroatoms. The van der Waals surface area contributed by atoms with Gasteiger partial charge in [0.05, 0.1) is 30.9 Å². The normalized spacial score (nSPS) is 14.9. The molecule has 3 aromatic carbocycles. The molecule has 0 aliphatic carbocycles. The quantitative estimate of drug-likeness (QED) is 0.392. The van der Waals surface area contributed by atoms with Gasteiger partial charge in [-0.15, -0.1) is 0 Å². The van der Waals surface area contributed by atoms with Crippen molar-refractivity contribution in [3.63, 3.8) is 0 Å². The highest BCUT2D eigenvalue weighted by Gasteiger charge is 2.26. The average molecular weight is 498 g/mol. The van der Waals surface area contributed by atoms with E-state index in [0.29, 0.717) is 54.1 Å². The van der Waals surface area contributed by atoms with Crippen LogP contribution in [0.3, 0.4) is 0 Å². The summed E-state index contributed by atoms with van der Waals surface area (Å²) in [5.41, 5.74) is 2.81. The highest BCUT2D eigenvalue weighted by molar-refractivity contribution is 7.89. The number of anilines is 2. The van der Waals surface area contributed by atoms with E-state index < -0.39 is 10.0 Å². The lowest BCUT2D eigenvalue weighted by Gasteiger charge is -2.26. The third-order valence-corrected chi connectivity index (χ3v) is 7.78. The number of benzene rings is 3. The molecule has 1 aromatic heterocycles. The Morgan fingerprint density at radius 3 is 2.44 bits per heavy atom. The molecule has 0 radical (unpaired) electrons. The van der Waals surface area contributed by atoms with E-state index in [1.807, 2.05) is 36.4 Å². The minimum atomic E-state index is -3.55. The Labute approximate surface area is 202 Å². The summed E-state index contributed by atoms with van der Waals surface area (Å²) >= 11 is 5.47.